The molecule has 1 aromatic carbocycles. The first-order valence-electron chi connectivity index (χ1n) is 3.82. The third kappa shape index (κ3) is 0.794. The van der Waals surface area contributed by atoms with Crippen molar-refractivity contribution in [2.45, 2.75) is 13.8 Å². The summed E-state index contributed by atoms with van der Waals surface area (Å²) in [7, 11) is 0. The predicted octanol–water partition coefficient (Wildman–Crippen LogP) is 1.89. The SMILES string of the molecule is Cc1c(O)cc(C)c2[nH]ncc12. The van der Waals surface area contributed by atoms with Crippen LogP contribution in [-0.2, 0) is 0 Å². The van der Waals surface area contributed by atoms with Gasteiger partial charge in [0.2, 0.25) is 0 Å². The molecule has 0 bridgehead atoms. The number of phenolic OH excluding ortho intramolecular Hbond substituents is 1. The first-order valence-corrected chi connectivity index (χ1v) is 3.82. The molecule has 3 heteroatoms. The molecule has 0 amide bonds. The van der Waals surface area contributed by atoms with Crippen LogP contribution in [0.2, 0.25) is 0 Å². The normalized spacial score (nSPS) is 10.8. The lowest BCUT2D eigenvalue weighted by atomic mass is 10.1. The molecular weight excluding hydrogens is 152 g/mol. The minimum atomic E-state index is 0.335. The quantitative estimate of drug-likeness (QED) is 0.621. The largest absolute Gasteiger partial charge is 0.508 e. The second kappa shape index (κ2) is 2.24. The number of aromatic hydroxyl groups is 1. The second-order valence-corrected chi connectivity index (χ2v) is 3.00. The molecular formula is C9H10N2O. The third-order valence-corrected chi connectivity index (χ3v) is 2.18. The van der Waals surface area contributed by atoms with Crippen molar-refractivity contribution in [1.29, 1.82) is 0 Å². The van der Waals surface area contributed by atoms with Gasteiger partial charge in [0.25, 0.3) is 0 Å². The van der Waals surface area contributed by atoms with Crippen molar-refractivity contribution >= 4 is 10.9 Å². The molecule has 0 atom stereocenters. The number of nitrogens with one attached hydrogen (secondary N) is 1. The Morgan fingerprint density at radius 3 is 2.92 bits per heavy atom. The lowest BCUT2D eigenvalue weighted by Gasteiger charge is -2.01. The highest BCUT2D eigenvalue weighted by Gasteiger charge is 2.06. The number of aromatic nitrogens is 2. The lowest BCUT2D eigenvalue weighted by molar-refractivity contribution is 0.472. The summed E-state index contributed by atoms with van der Waals surface area (Å²) in [5.41, 5.74) is 2.90. The fourth-order valence-corrected chi connectivity index (χ4v) is 1.39. The Morgan fingerprint density at radius 2 is 2.17 bits per heavy atom. The van der Waals surface area contributed by atoms with E-state index in [1.165, 1.54) is 0 Å². The van der Waals surface area contributed by atoms with Gasteiger partial charge in [-0.3, -0.25) is 5.10 Å². The number of aryl methyl sites for hydroxylation is 2. The Balaban J connectivity index is 2.97. The van der Waals surface area contributed by atoms with Crippen LogP contribution in [0.1, 0.15) is 11.1 Å². The van der Waals surface area contributed by atoms with Gasteiger partial charge in [-0.2, -0.15) is 5.10 Å². The van der Waals surface area contributed by atoms with Gasteiger partial charge >= 0.3 is 0 Å². The van der Waals surface area contributed by atoms with E-state index in [9.17, 15) is 5.11 Å². The molecule has 1 heterocycles. The third-order valence-electron chi connectivity index (χ3n) is 2.18. The maximum absolute atomic E-state index is 9.47. The first-order chi connectivity index (χ1) is 5.70. The molecule has 0 radical (unpaired) electrons. The molecule has 0 aliphatic rings. The molecule has 0 unspecified atom stereocenters. The van der Waals surface area contributed by atoms with Crippen molar-refractivity contribution in [2.75, 3.05) is 0 Å². The average molecular weight is 162 g/mol. The Labute approximate surface area is 70.0 Å². The number of H-pyrrole nitrogens is 1. The molecule has 0 aliphatic carbocycles. The number of aromatic amines is 1. The minimum Gasteiger partial charge on any atom is -0.508 e. The molecule has 62 valence electrons. The molecule has 0 fully saturated rings. The van der Waals surface area contributed by atoms with E-state index in [1.54, 1.807) is 12.3 Å². The van der Waals surface area contributed by atoms with Gasteiger partial charge in [0.05, 0.1) is 11.7 Å². The van der Waals surface area contributed by atoms with Gasteiger partial charge in [0, 0.05) is 10.9 Å². The summed E-state index contributed by atoms with van der Waals surface area (Å²) in [6, 6.07) is 1.75. The number of benzene rings is 1. The van der Waals surface area contributed by atoms with E-state index >= 15 is 0 Å². The summed E-state index contributed by atoms with van der Waals surface area (Å²) < 4.78 is 0. The van der Waals surface area contributed by atoms with E-state index in [1.807, 2.05) is 13.8 Å². The highest BCUT2D eigenvalue weighted by Crippen LogP contribution is 2.27. The van der Waals surface area contributed by atoms with E-state index in [2.05, 4.69) is 10.2 Å². The number of phenols is 1. The van der Waals surface area contributed by atoms with Crippen molar-refractivity contribution in [3.8, 4) is 5.75 Å². The number of hydrogen-bond acceptors (Lipinski definition) is 2. The Morgan fingerprint density at radius 1 is 1.42 bits per heavy atom. The molecule has 2 rings (SSSR count). The maximum Gasteiger partial charge on any atom is 0.119 e. The molecule has 2 N–H and O–H groups in total. The zero-order valence-electron chi connectivity index (χ0n) is 7.05. The highest BCUT2D eigenvalue weighted by molar-refractivity contribution is 5.86. The molecule has 0 spiro atoms. The van der Waals surface area contributed by atoms with E-state index in [0.717, 1.165) is 22.0 Å². The van der Waals surface area contributed by atoms with Gasteiger partial charge < -0.3 is 5.11 Å². The van der Waals surface area contributed by atoms with Crippen LogP contribution < -0.4 is 0 Å². The summed E-state index contributed by atoms with van der Waals surface area (Å²) in [6.45, 7) is 3.83. The van der Waals surface area contributed by atoms with Crippen LogP contribution in [0.4, 0.5) is 0 Å². The van der Waals surface area contributed by atoms with Gasteiger partial charge in [-0.1, -0.05) is 0 Å². The van der Waals surface area contributed by atoms with Crippen LogP contribution in [0.5, 0.6) is 5.75 Å². The fourth-order valence-electron chi connectivity index (χ4n) is 1.39. The first kappa shape index (κ1) is 7.16. The smallest absolute Gasteiger partial charge is 0.119 e. The number of rotatable bonds is 0. The fraction of sp³-hybridized carbons (Fsp3) is 0.222. The summed E-state index contributed by atoms with van der Waals surface area (Å²) in [5.74, 6) is 0.335. The molecule has 0 saturated carbocycles. The van der Waals surface area contributed by atoms with E-state index in [4.69, 9.17) is 0 Å². The molecule has 1 aromatic heterocycles. The van der Waals surface area contributed by atoms with E-state index in [-0.39, 0.29) is 0 Å². The maximum atomic E-state index is 9.47. The lowest BCUT2D eigenvalue weighted by Crippen LogP contribution is -1.81. The summed E-state index contributed by atoms with van der Waals surface area (Å²) >= 11 is 0. The molecule has 3 nitrogen and oxygen atoms in total. The van der Waals surface area contributed by atoms with Crippen LogP contribution in [-0.4, -0.2) is 15.3 Å². The van der Waals surface area contributed by atoms with Crippen molar-refractivity contribution in [3.05, 3.63) is 23.4 Å². The Kier molecular flexibility index (Phi) is 1.33. The van der Waals surface area contributed by atoms with Crippen molar-refractivity contribution in [2.24, 2.45) is 0 Å². The summed E-state index contributed by atoms with van der Waals surface area (Å²) in [5, 5.41) is 17.3. The number of nitrogens with zero attached hydrogens (tertiary/aromatic N) is 1. The second-order valence-electron chi connectivity index (χ2n) is 3.00. The van der Waals surface area contributed by atoms with Crippen LogP contribution >= 0.6 is 0 Å². The van der Waals surface area contributed by atoms with Crippen LogP contribution in [0, 0.1) is 13.8 Å². The van der Waals surface area contributed by atoms with E-state index < -0.39 is 0 Å². The van der Waals surface area contributed by atoms with Gasteiger partial charge in [-0.15, -0.1) is 0 Å². The number of fused-ring (bicyclic) bond motifs is 1. The van der Waals surface area contributed by atoms with Crippen LogP contribution in [0.15, 0.2) is 12.3 Å². The van der Waals surface area contributed by atoms with Gasteiger partial charge in [-0.05, 0) is 25.5 Å². The zero-order chi connectivity index (χ0) is 8.72. The van der Waals surface area contributed by atoms with Crippen molar-refractivity contribution in [3.63, 3.8) is 0 Å². The summed E-state index contributed by atoms with van der Waals surface area (Å²) in [4.78, 5) is 0. The standard InChI is InChI=1S/C9H10N2O/c1-5-3-8(12)6(2)7-4-10-11-9(5)7/h3-4,12H,1-2H3,(H,10,11). The molecule has 0 saturated heterocycles. The Bertz CT molecular complexity index is 431. The molecule has 2 aromatic rings. The van der Waals surface area contributed by atoms with Gasteiger partial charge in [-0.25, -0.2) is 0 Å². The van der Waals surface area contributed by atoms with Crippen molar-refractivity contribution < 1.29 is 5.11 Å². The minimum absolute atomic E-state index is 0.335. The van der Waals surface area contributed by atoms with E-state index in [0.29, 0.717) is 5.75 Å². The molecule has 0 aliphatic heterocycles. The predicted molar refractivity (Wildman–Crippen MR) is 47.2 cm³/mol. The number of hydrogen-bond donors (Lipinski definition) is 2. The average Bonchev–Trinajstić information content (AvgIpc) is 2.48. The van der Waals surface area contributed by atoms with Crippen LogP contribution in [0.3, 0.4) is 0 Å². The topological polar surface area (TPSA) is 48.9 Å². The summed E-state index contributed by atoms with van der Waals surface area (Å²) in [6.07, 6.45) is 1.73. The highest BCUT2D eigenvalue weighted by atomic mass is 16.3. The van der Waals surface area contributed by atoms with Gasteiger partial charge in [0.15, 0.2) is 0 Å². The molecule has 12 heavy (non-hydrogen) atoms. The Hall–Kier alpha value is -1.51. The van der Waals surface area contributed by atoms with Crippen LogP contribution in [0.25, 0.3) is 10.9 Å². The van der Waals surface area contributed by atoms with Crippen molar-refractivity contribution in [1.82, 2.24) is 10.2 Å². The zero-order valence-corrected chi connectivity index (χ0v) is 7.05. The van der Waals surface area contributed by atoms with Gasteiger partial charge in [0.1, 0.15) is 5.75 Å². The monoisotopic (exact) mass is 162 g/mol.